The summed E-state index contributed by atoms with van der Waals surface area (Å²) in [5.41, 5.74) is 3.24. The summed E-state index contributed by atoms with van der Waals surface area (Å²) in [6.07, 6.45) is 2.25. The minimum absolute atomic E-state index is 0.112. The third-order valence-electron chi connectivity index (χ3n) is 2.80. The van der Waals surface area contributed by atoms with Crippen molar-refractivity contribution < 1.29 is 9.53 Å². The highest BCUT2D eigenvalue weighted by Gasteiger charge is 2.03. The molecule has 0 heterocycles. The minimum atomic E-state index is -0.112. The number of ether oxygens (including phenoxy) is 1. The van der Waals surface area contributed by atoms with Crippen LogP contribution >= 0.6 is 0 Å². The van der Waals surface area contributed by atoms with Crippen LogP contribution in [0.15, 0.2) is 24.3 Å². The van der Waals surface area contributed by atoms with Crippen molar-refractivity contribution in [1.29, 1.82) is 0 Å². The molecule has 0 unspecified atom stereocenters. The van der Waals surface area contributed by atoms with Crippen molar-refractivity contribution in [1.82, 2.24) is 5.43 Å². The first-order chi connectivity index (χ1) is 8.67. The monoisotopic (exact) mass is 251 g/mol. The number of rotatable bonds is 7. The van der Waals surface area contributed by atoms with E-state index in [-0.39, 0.29) is 5.91 Å². The zero-order chi connectivity index (χ0) is 13.4. The van der Waals surface area contributed by atoms with Gasteiger partial charge in [-0.2, -0.15) is 0 Å². The van der Waals surface area contributed by atoms with Gasteiger partial charge in [0.2, 0.25) is 5.91 Å². The molecule has 0 bridgehead atoms. The molecular weight excluding hydrogens is 230 g/mol. The molecule has 100 valence electrons. The lowest BCUT2D eigenvalue weighted by atomic mass is 10.2. The fraction of sp³-hybridized carbons (Fsp3) is 0.462. The molecular formula is C13H21N3O2. The first kappa shape index (κ1) is 14.3. The van der Waals surface area contributed by atoms with Crippen LogP contribution in [0.25, 0.3) is 0 Å². The number of hydrazine groups is 1. The van der Waals surface area contributed by atoms with Crippen molar-refractivity contribution >= 4 is 11.6 Å². The standard InChI is InChI=1S/C13H21N3O2/c1-16(9-4-3-8-13(17)15-14)11-6-5-7-12(10-11)18-2/h5-7,10H,3-4,8-9,14H2,1-2H3,(H,15,17). The van der Waals surface area contributed by atoms with Crippen LogP contribution in [0.1, 0.15) is 19.3 Å². The molecule has 3 N–H and O–H groups in total. The number of benzene rings is 1. The highest BCUT2D eigenvalue weighted by atomic mass is 16.5. The number of unbranched alkanes of at least 4 members (excludes halogenated alkanes) is 1. The van der Waals surface area contributed by atoms with Crippen LogP contribution in [0.3, 0.4) is 0 Å². The van der Waals surface area contributed by atoms with Gasteiger partial charge in [0, 0.05) is 31.8 Å². The maximum Gasteiger partial charge on any atom is 0.233 e. The number of carbonyl (C=O) groups excluding carboxylic acids is 1. The normalized spacial score (nSPS) is 9.94. The van der Waals surface area contributed by atoms with E-state index < -0.39 is 0 Å². The first-order valence-corrected chi connectivity index (χ1v) is 6.02. The van der Waals surface area contributed by atoms with Crippen LogP contribution in [-0.2, 0) is 4.79 Å². The molecule has 0 spiro atoms. The minimum Gasteiger partial charge on any atom is -0.497 e. The van der Waals surface area contributed by atoms with Crippen molar-refractivity contribution in [2.45, 2.75) is 19.3 Å². The Morgan fingerprint density at radius 3 is 2.89 bits per heavy atom. The molecule has 0 radical (unpaired) electrons. The van der Waals surface area contributed by atoms with E-state index in [1.54, 1.807) is 7.11 Å². The molecule has 0 aliphatic carbocycles. The second-order valence-electron chi connectivity index (χ2n) is 4.15. The van der Waals surface area contributed by atoms with Gasteiger partial charge in [-0.1, -0.05) is 6.07 Å². The fourth-order valence-electron chi connectivity index (χ4n) is 1.68. The number of hydrogen-bond acceptors (Lipinski definition) is 4. The number of nitrogens with one attached hydrogen (secondary N) is 1. The van der Waals surface area contributed by atoms with E-state index in [9.17, 15) is 4.79 Å². The third-order valence-corrected chi connectivity index (χ3v) is 2.80. The van der Waals surface area contributed by atoms with Crippen molar-refractivity contribution in [2.24, 2.45) is 5.84 Å². The summed E-state index contributed by atoms with van der Waals surface area (Å²) in [6.45, 7) is 0.894. The molecule has 0 aliphatic heterocycles. The van der Waals surface area contributed by atoms with E-state index in [4.69, 9.17) is 10.6 Å². The Balaban J connectivity index is 2.35. The van der Waals surface area contributed by atoms with Gasteiger partial charge in [-0.15, -0.1) is 0 Å². The van der Waals surface area contributed by atoms with Crippen LogP contribution in [0.4, 0.5) is 5.69 Å². The smallest absolute Gasteiger partial charge is 0.233 e. The van der Waals surface area contributed by atoms with E-state index in [0.717, 1.165) is 30.8 Å². The van der Waals surface area contributed by atoms with Gasteiger partial charge >= 0.3 is 0 Å². The topological polar surface area (TPSA) is 67.6 Å². The Hall–Kier alpha value is -1.75. The van der Waals surface area contributed by atoms with Gasteiger partial charge < -0.3 is 9.64 Å². The number of anilines is 1. The highest BCUT2D eigenvalue weighted by Crippen LogP contribution is 2.20. The molecule has 0 atom stereocenters. The van der Waals surface area contributed by atoms with Gasteiger partial charge in [0.25, 0.3) is 0 Å². The Kier molecular flexibility index (Phi) is 6.00. The Morgan fingerprint density at radius 1 is 1.44 bits per heavy atom. The maximum absolute atomic E-state index is 10.9. The average molecular weight is 251 g/mol. The molecule has 1 amide bonds. The first-order valence-electron chi connectivity index (χ1n) is 6.02. The average Bonchev–Trinajstić information content (AvgIpc) is 2.43. The van der Waals surface area contributed by atoms with E-state index >= 15 is 0 Å². The quantitative estimate of drug-likeness (QED) is 0.332. The van der Waals surface area contributed by atoms with Crippen molar-refractivity contribution in [3.8, 4) is 5.75 Å². The summed E-state index contributed by atoms with van der Waals surface area (Å²) in [7, 11) is 3.68. The predicted molar refractivity (Wildman–Crippen MR) is 72.4 cm³/mol. The van der Waals surface area contributed by atoms with Crippen LogP contribution in [-0.4, -0.2) is 26.6 Å². The van der Waals surface area contributed by atoms with Crippen molar-refractivity contribution in [3.63, 3.8) is 0 Å². The number of hydrogen-bond donors (Lipinski definition) is 2. The largest absolute Gasteiger partial charge is 0.497 e. The molecule has 5 heteroatoms. The SMILES string of the molecule is COc1cccc(N(C)CCCCC(=O)NN)c1. The van der Waals surface area contributed by atoms with Gasteiger partial charge in [0.05, 0.1) is 7.11 Å². The maximum atomic E-state index is 10.9. The summed E-state index contributed by atoms with van der Waals surface area (Å²) in [6, 6.07) is 7.91. The lowest BCUT2D eigenvalue weighted by Gasteiger charge is -2.19. The summed E-state index contributed by atoms with van der Waals surface area (Å²) in [4.78, 5) is 13.1. The number of nitrogens with zero attached hydrogens (tertiary/aromatic N) is 1. The molecule has 0 saturated carbocycles. The van der Waals surface area contributed by atoms with E-state index in [0.29, 0.717) is 6.42 Å². The summed E-state index contributed by atoms with van der Waals surface area (Å²) in [5, 5.41) is 0. The van der Waals surface area contributed by atoms with Gasteiger partial charge in [0.1, 0.15) is 5.75 Å². The Labute approximate surface area is 108 Å². The molecule has 0 saturated heterocycles. The molecule has 18 heavy (non-hydrogen) atoms. The van der Waals surface area contributed by atoms with Gasteiger partial charge in [-0.3, -0.25) is 10.2 Å². The molecule has 0 fully saturated rings. The van der Waals surface area contributed by atoms with Crippen LogP contribution in [0.5, 0.6) is 5.75 Å². The molecule has 0 aliphatic rings. The summed E-state index contributed by atoms with van der Waals surface area (Å²) < 4.78 is 5.18. The lowest BCUT2D eigenvalue weighted by molar-refractivity contribution is -0.121. The molecule has 1 aromatic rings. The lowest BCUT2D eigenvalue weighted by Crippen LogP contribution is -2.29. The number of carbonyl (C=O) groups is 1. The zero-order valence-electron chi connectivity index (χ0n) is 11.0. The van der Waals surface area contributed by atoms with Crippen LogP contribution in [0, 0.1) is 0 Å². The fourth-order valence-corrected chi connectivity index (χ4v) is 1.68. The number of amides is 1. The Morgan fingerprint density at radius 2 is 2.22 bits per heavy atom. The zero-order valence-corrected chi connectivity index (χ0v) is 11.0. The van der Waals surface area contributed by atoms with Gasteiger partial charge in [-0.05, 0) is 25.0 Å². The molecule has 1 aromatic carbocycles. The Bertz CT molecular complexity index is 382. The van der Waals surface area contributed by atoms with Gasteiger partial charge in [-0.25, -0.2) is 5.84 Å². The second kappa shape index (κ2) is 7.55. The molecule has 5 nitrogen and oxygen atoms in total. The van der Waals surface area contributed by atoms with Crippen molar-refractivity contribution in [3.05, 3.63) is 24.3 Å². The van der Waals surface area contributed by atoms with Gasteiger partial charge in [0.15, 0.2) is 0 Å². The molecule has 0 aromatic heterocycles. The second-order valence-corrected chi connectivity index (χ2v) is 4.15. The summed E-state index contributed by atoms with van der Waals surface area (Å²) in [5.74, 6) is 5.75. The number of nitrogens with two attached hydrogens (primary N) is 1. The third kappa shape index (κ3) is 4.63. The van der Waals surface area contributed by atoms with E-state index in [1.165, 1.54) is 0 Å². The van der Waals surface area contributed by atoms with Crippen LogP contribution < -0.4 is 20.9 Å². The number of methoxy groups -OCH3 is 1. The molecule has 1 rings (SSSR count). The van der Waals surface area contributed by atoms with E-state index in [1.807, 2.05) is 31.3 Å². The highest BCUT2D eigenvalue weighted by molar-refractivity contribution is 5.75. The van der Waals surface area contributed by atoms with Crippen molar-refractivity contribution in [2.75, 3.05) is 25.6 Å². The van der Waals surface area contributed by atoms with Crippen LogP contribution in [0.2, 0.25) is 0 Å². The van der Waals surface area contributed by atoms with E-state index in [2.05, 4.69) is 10.3 Å². The summed E-state index contributed by atoms with van der Waals surface area (Å²) >= 11 is 0. The predicted octanol–water partition coefficient (Wildman–Crippen LogP) is 1.29.